The van der Waals surface area contributed by atoms with E-state index < -0.39 is 11.7 Å². The van der Waals surface area contributed by atoms with Crippen LogP contribution in [0.2, 0.25) is 0 Å². The second kappa shape index (κ2) is 7.04. The van der Waals surface area contributed by atoms with E-state index in [0.29, 0.717) is 12.1 Å². The molecule has 0 aliphatic heterocycles. The van der Waals surface area contributed by atoms with E-state index in [1.54, 1.807) is 12.5 Å². The van der Waals surface area contributed by atoms with Crippen molar-refractivity contribution >= 4 is 11.8 Å². The minimum atomic E-state index is -0.422. The van der Waals surface area contributed by atoms with Gasteiger partial charge < -0.3 is 15.2 Å². The molecule has 0 saturated heterocycles. The number of halogens is 1. The number of carbonyl (C=O) groups is 2. The van der Waals surface area contributed by atoms with Crippen molar-refractivity contribution < 1.29 is 14.0 Å². The van der Waals surface area contributed by atoms with Crippen molar-refractivity contribution in [3.63, 3.8) is 0 Å². The Kier molecular flexibility index (Phi) is 5.10. The van der Waals surface area contributed by atoms with E-state index in [1.165, 1.54) is 24.3 Å². The van der Waals surface area contributed by atoms with Gasteiger partial charge in [0.25, 0.3) is 5.91 Å². The number of hydrogen-bond donors (Lipinski definition) is 2. The summed E-state index contributed by atoms with van der Waals surface area (Å²) in [6.45, 7) is 4.18. The van der Waals surface area contributed by atoms with Crippen molar-refractivity contribution in [2.24, 2.45) is 0 Å². The number of nitrogens with one attached hydrogen (secondary N) is 2. The lowest BCUT2D eigenvalue weighted by molar-refractivity contribution is -0.120. The van der Waals surface area contributed by atoms with Crippen molar-refractivity contribution in [1.82, 2.24) is 20.2 Å². The Morgan fingerprint density at radius 1 is 1.22 bits per heavy atom. The molecule has 0 fully saturated rings. The quantitative estimate of drug-likeness (QED) is 0.843. The molecular weight excluding hydrogens is 299 g/mol. The molecular formula is C16H19FN4O2. The smallest absolute Gasteiger partial charge is 0.251 e. The van der Waals surface area contributed by atoms with Gasteiger partial charge in [0.05, 0.1) is 18.4 Å². The topological polar surface area (TPSA) is 76.0 Å². The first kappa shape index (κ1) is 16.7. The molecule has 2 N–H and O–H groups in total. The van der Waals surface area contributed by atoms with Gasteiger partial charge in [0.15, 0.2) is 0 Å². The molecule has 2 amide bonds. The second-order valence-electron chi connectivity index (χ2n) is 5.75. The van der Waals surface area contributed by atoms with Gasteiger partial charge in [-0.1, -0.05) is 0 Å². The van der Waals surface area contributed by atoms with Crippen LogP contribution in [0.3, 0.4) is 0 Å². The molecule has 0 bridgehead atoms. The van der Waals surface area contributed by atoms with E-state index in [-0.39, 0.29) is 18.0 Å². The van der Waals surface area contributed by atoms with Gasteiger partial charge in [-0.25, -0.2) is 9.37 Å². The highest BCUT2D eigenvalue weighted by atomic mass is 19.1. The van der Waals surface area contributed by atoms with Crippen LogP contribution in [-0.4, -0.2) is 34.5 Å². The zero-order valence-corrected chi connectivity index (χ0v) is 13.0. The van der Waals surface area contributed by atoms with Gasteiger partial charge in [-0.05, 0) is 38.1 Å². The molecule has 2 rings (SSSR count). The normalized spacial score (nSPS) is 11.1. The molecule has 1 aromatic carbocycles. The Morgan fingerprint density at radius 3 is 2.52 bits per heavy atom. The van der Waals surface area contributed by atoms with Crippen molar-refractivity contribution in [2.45, 2.75) is 19.4 Å². The van der Waals surface area contributed by atoms with E-state index in [0.717, 1.165) is 0 Å². The van der Waals surface area contributed by atoms with Gasteiger partial charge in [0, 0.05) is 24.5 Å². The van der Waals surface area contributed by atoms with Gasteiger partial charge in [-0.3, -0.25) is 9.59 Å². The first-order valence-electron chi connectivity index (χ1n) is 7.17. The minimum absolute atomic E-state index is 0.143. The highest BCUT2D eigenvalue weighted by Crippen LogP contribution is 2.12. The molecule has 23 heavy (non-hydrogen) atoms. The van der Waals surface area contributed by atoms with Crippen LogP contribution in [0.25, 0.3) is 0 Å². The third-order valence-electron chi connectivity index (χ3n) is 3.44. The first-order chi connectivity index (χ1) is 10.9. The summed E-state index contributed by atoms with van der Waals surface area (Å²) in [6.07, 6.45) is 5.18. The summed E-state index contributed by atoms with van der Waals surface area (Å²) >= 11 is 0. The minimum Gasteiger partial charge on any atom is -0.352 e. The summed E-state index contributed by atoms with van der Waals surface area (Å²) in [6, 6.07) is 5.13. The monoisotopic (exact) mass is 318 g/mol. The average molecular weight is 318 g/mol. The number of amides is 2. The SMILES string of the molecule is CC(C)(CNC(=O)CNC(=O)c1ccc(F)cc1)n1ccnc1. The fourth-order valence-electron chi connectivity index (χ4n) is 1.95. The lowest BCUT2D eigenvalue weighted by Gasteiger charge is -2.26. The summed E-state index contributed by atoms with van der Waals surface area (Å²) in [5.41, 5.74) is -0.0226. The summed E-state index contributed by atoms with van der Waals surface area (Å²) in [5.74, 6) is -1.14. The number of rotatable bonds is 6. The van der Waals surface area contributed by atoms with Gasteiger partial charge in [-0.15, -0.1) is 0 Å². The fourth-order valence-corrected chi connectivity index (χ4v) is 1.95. The molecule has 0 atom stereocenters. The molecule has 0 aliphatic rings. The van der Waals surface area contributed by atoms with Crippen LogP contribution < -0.4 is 10.6 Å². The third kappa shape index (κ3) is 4.64. The van der Waals surface area contributed by atoms with Crippen molar-refractivity contribution in [1.29, 1.82) is 0 Å². The zero-order chi connectivity index (χ0) is 16.9. The predicted molar refractivity (Wildman–Crippen MR) is 83.3 cm³/mol. The van der Waals surface area contributed by atoms with Gasteiger partial charge >= 0.3 is 0 Å². The first-order valence-corrected chi connectivity index (χ1v) is 7.17. The Bertz CT molecular complexity index is 666. The molecule has 7 heteroatoms. The van der Waals surface area contributed by atoms with Crippen LogP contribution in [0, 0.1) is 5.82 Å². The number of benzene rings is 1. The van der Waals surface area contributed by atoms with Crippen molar-refractivity contribution in [3.8, 4) is 0 Å². The highest BCUT2D eigenvalue weighted by Gasteiger charge is 2.20. The summed E-state index contributed by atoms with van der Waals surface area (Å²) < 4.78 is 14.7. The summed E-state index contributed by atoms with van der Waals surface area (Å²) in [5, 5.41) is 5.26. The summed E-state index contributed by atoms with van der Waals surface area (Å²) in [4.78, 5) is 27.6. The van der Waals surface area contributed by atoms with E-state index in [4.69, 9.17) is 0 Å². The number of aromatic nitrogens is 2. The van der Waals surface area contributed by atoms with Crippen molar-refractivity contribution in [2.75, 3.05) is 13.1 Å². The van der Waals surface area contributed by atoms with E-state index >= 15 is 0 Å². The molecule has 0 radical (unpaired) electrons. The molecule has 1 aromatic heterocycles. The number of imidazole rings is 1. The van der Waals surface area contributed by atoms with Gasteiger partial charge in [0.1, 0.15) is 5.82 Å². The third-order valence-corrected chi connectivity index (χ3v) is 3.44. The van der Waals surface area contributed by atoms with Crippen molar-refractivity contribution in [3.05, 3.63) is 54.4 Å². The largest absolute Gasteiger partial charge is 0.352 e. The maximum atomic E-state index is 12.8. The molecule has 0 unspecified atom stereocenters. The van der Waals surface area contributed by atoms with Crippen LogP contribution in [0.15, 0.2) is 43.0 Å². The lowest BCUT2D eigenvalue weighted by atomic mass is 10.1. The molecule has 0 aliphatic carbocycles. The van der Waals surface area contributed by atoms with Crippen LogP contribution in [-0.2, 0) is 10.3 Å². The Morgan fingerprint density at radius 2 is 1.91 bits per heavy atom. The van der Waals surface area contributed by atoms with Crippen LogP contribution in [0.5, 0.6) is 0 Å². The average Bonchev–Trinajstić information content (AvgIpc) is 3.06. The number of hydrogen-bond acceptors (Lipinski definition) is 3. The lowest BCUT2D eigenvalue weighted by Crippen LogP contribution is -2.44. The Hall–Kier alpha value is -2.70. The fraction of sp³-hybridized carbons (Fsp3) is 0.312. The van der Waals surface area contributed by atoms with Gasteiger partial charge in [0.2, 0.25) is 5.91 Å². The predicted octanol–water partition coefficient (Wildman–Crippen LogP) is 1.30. The second-order valence-corrected chi connectivity index (χ2v) is 5.75. The Balaban J connectivity index is 1.79. The Labute approximate surface area is 133 Å². The van der Waals surface area contributed by atoms with E-state index in [9.17, 15) is 14.0 Å². The number of carbonyl (C=O) groups excluding carboxylic acids is 2. The van der Waals surface area contributed by atoms with Gasteiger partial charge in [-0.2, -0.15) is 0 Å². The maximum Gasteiger partial charge on any atom is 0.251 e. The molecule has 0 spiro atoms. The maximum absolute atomic E-state index is 12.8. The zero-order valence-electron chi connectivity index (χ0n) is 13.0. The molecule has 1 heterocycles. The molecule has 122 valence electrons. The number of nitrogens with zero attached hydrogens (tertiary/aromatic N) is 2. The standard InChI is InChI=1S/C16H19FN4O2/c1-16(2,21-8-7-18-11-21)10-20-14(22)9-19-15(23)12-3-5-13(17)6-4-12/h3-8,11H,9-10H2,1-2H3,(H,19,23)(H,20,22). The van der Waals surface area contributed by atoms with E-state index in [2.05, 4.69) is 15.6 Å². The van der Waals surface area contributed by atoms with Crippen LogP contribution >= 0.6 is 0 Å². The molecule has 2 aromatic rings. The highest BCUT2D eigenvalue weighted by molar-refractivity contribution is 5.96. The van der Waals surface area contributed by atoms with Crippen LogP contribution in [0.4, 0.5) is 4.39 Å². The van der Waals surface area contributed by atoms with E-state index in [1.807, 2.05) is 24.6 Å². The van der Waals surface area contributed by atoms with Crippen LogP contribution in [0.1, 0.15) is 24.2 Å². The molecule has 0 saturated carbocycles. The summed E-state index contributed by atoms with van der Waals surface area (Å²) in [7, 11) is 0. The molecule has 6 nitrogen and oxygen atoms in total.